The molecular weight excluding hydrogens is 408 g/mol. The van der Waals surface area contributed by atoms with Crippen LogP contribution in [0.25, 0.3) is 10.2 Å². The third kappa shape index (κ3) is 4.43. The highest BCUT2D eigenvalue weighted by Crippen LogP contribution is 2.32. The van der Waals surface area contributed by atoms with E-state index in [4.69, 9.17) is 4.74 Å². The van der Waals surface area contributed by atoms with E-state index in [1.807, 2.05) is 32.9 Å². The van der Waals surface area contributed by atoms with Crippen LogP contribution in [0.3, 0.4) is 0 Å². The zero-order valence-corrected chi connectivity index (χ0v) is 19.5. The van der Waals surface area contributed by atoms with E-state index in [0.29, 0.717) is 6.54 Å². The van der Waals surface area contributed by atoms with Crippen LogP contribution in [0.2, 0.25) is 0 Å². The Morgan fingerprint density at radius 2 is 1.90 bits per heavy atom. The zero-order valence-electron chi connectivity index (χ0n) is 18.7. The van der Waals surface area contributed by atoms with Crippen LogP contribution in [0, 0.1) is 13.8 Å². The van der Waals surface area contributed by atoms with Gasteiger partial charge in [0.2, 0.25) is 0 Å². The number of nitrogens with one attached hydrogen (secondary N) is 1. The first-order chi connectivity index (χ1) is 15.0. The summed E-state index contributed by atoms with van der Waals surface area (Å²) in [7, 11) is 1.68. The Kier molecular flexibility index (Phi) is 6.53. The molecule has 1 atom stereocenters. The van der Waals surface area contributed by atoms with Gasteiger partial charge in [-0.05, 0) is 63.0 Å². The van der Waals surface area contributed by atoms with Crippen LogP contribution in [0.5, 0.6) is 5.75 Å². The fraction of sp³-hybridized carbons (Fsp3) is 0.458. The third-order valence-electron chi connectivity index (χ3n) is 6.08. The summed E-state index contributed by atoms with van der Waals surface area (Å²) in [4.78, 5) is 26.5. The molecular formula is C24H30N4O2S. The molecule has 6 nitrogen and oxygen atoms in total. The Labute approximate surface area is 187 Å². The predicted octanol–water partition coefficient (Wildman–Crippen LogP) is 4.45. The van der Waals surface area contributed by atoms with Crippen molar-refractivity contribution in [1.82, 2.24) is 20.2 Å². The lowest BCUT2D eigenvalue weighted by Gasteiger charge is -2.28. The van der Waals surface area contributed by atoms with Crippen molar-refractivity contribution in [3.8, 4) is 5.75 Å². The molecule has 0 bridgehead atoms. The maximum absolute atomic E-state index is 13.2. The van der Waals surface area contributed by atoms with Crippen LogP contribution >= 0.6 is 11.3 Å². The van der Waals surface area contributed by atoms with Crippen molar-refractivity contribution in [2.75, 3.05) is 26.7 Å². The first kappa shape index (κ1) is 21.7. The minimum atomic E-state index is -0.0318. The van der Waals surface area contributed by atoms with E-state index in [1.165, 1.54) is 29.7 Å². The average molecular weight is 439 g/mol. The largest absolute Gasteiger partial charge is 0.497 e. The van der Waals surface area contributed by atoms with Gasteiger partial charge in [-0.25, -0.2) is 9.97 Å². The zero-order chi connectivity index (χ0) is 22.0. The number of carbonyl (C=O) groups is 1. The summed E-state index contributed by atoms with van der Waals surface area (Å²) < 4.78 is 5.31. The van der Waals surface area contributed by atoms with E-state index in [0.717, 1.165) is 57.4 Å². The number of aromatic nitrogens is 2. The van der Waals surface area contributed by atoms with Crippen LogP contribution in [-0.2, 0) is 6.42 Å². The summed E-state index contributed by atoms with van der Waals surface area (Å²) in [6, 6.07) is 8.33. The lowest BCUT2D eigenvalue weighted by Crippen LogP contribution is -2.36. The molecule has 1 aliphatic rings. The van der Waals surface area contributed by atoms with Crippen LogP contribution in [-0.4, -0.2) is 47.5 Å². The Morgan fingerprint density at radius 1 is 1.19 bits per heavy atom. The van der Waals surface area contributed by atoms with Gasteiger partial charge >= 0.3 is 0 Å². The molecule has 0 unspecified atom stereocenters. The number of hydrogen-bond donors (Lipinski definition) is 1. The number of aryl methyl sites for hydroxylation is 3. The number of ether oxygens (including phenoxy) is 1. The third-order valence-corrected chi connectivity index (χ3v) is 7.26. The fourth-order valence-electron chi connectivity index (χ4n) is 4.38. The van der Waals surface area contributed by atoms with Gasteiger partial charge in [-0.15, -0.1) is 11.3 Å². The van der Waals surface area contributed by atoms with Crippen molar-refractivity contribution >= 4 is 27.5 Å². The van der Waals surface area contributed by atoms with Crippen molar-refractivity contribution in [3.05, 3.63) is 51.8 Å². The van der Waals surface area contributed by atoms with Crippen LogP contribution in [0.4, 0.5) is 0 Å². The van der Waals surface area contributed by atoms with Gasteiger partial charge < -0.3 is 10.1 Å². The highest BCUT2D eigenvalue weighted by molar-refractivity contribution is 7.20. The van der Waals surface area contributed by atoms with Gasteiger partial charge in [0, 0.05) is 24.0 Å². The number of thiophene rings is 1. The summed E-state index contributed by atoms with van der Waals surface area (Å²) in [5.41, 5.74) is 3.12. The van der Waals surface area contributed by atoms with Crippen molar-refractivity contribution in [2.24, 2.45) is 0 Å². The van der Waals surface area contributed by atoms with E-state index < -0.39 is 0 Å². The van der Waals surface area contributed by atoms with Gasteiger partial charge in [0.1, 0.15) is 16.4 Å². The molecule has 164 valence electrons. The van der Waals surface area contributed by atoms with E-state index in [-0.39, 0.29) is 11.9 Å². The van der Waals surface area contributed by atoms with Gasteiger partial charge in [0.15, 0.2) is 0 Å². The Balaban J connectivity index is 1.56. The average Bonchev–Trinajstić information content (AvgIpc) is 3.42. The van der Waals surface area contributed by atoms with Crippen molar-refractivity contribution < 1.29 is 9.53 Å². The first-order valence-corrected chi connectivity index (χ1v) is 11.8. The fourth-order valence-corrected chi connectivity index (χ4v) is 5.54. The van der Waals surface area contributed by atoms with Crippen molar-refractivity contribution in [2.45, 2.75) is 46.1 Å². The van der Waals surface area contributed by atoms with Crippen LogP contribution < -0.4 is 10.1 Å². The van der Waals surface area contributed by atoms with E-state index in [9.17, 15) is 4.79 Å². The van der Waals surface area contributed by atoms with Crippen LogP contribution in [0.1, 0.15) is 58.1 Å². The number of likely N-dealkylation sites (tertiary alicyclic amines) is 1. The topological polar surface area (TPSA) is 67.3 Å². The molecule has 3 heterocycles. The summed E-state index contributed by atoms with van der Waals surface area (Å²) in [6.07, 6.45) is 3.19. The SMILES string of the molecule is CCc1nc(C)c2c(C)c(C(=O)NC[C@H](c3ccc(OC)cc3)N3CCCC3)sc2n1. The van der Waals surface area contributed by atoms with Crippen LogP contribution in [0.15, 0.2) is 24.3 Å². The molecule has 1 aliphatic heterocycles. The van der Waals surface area contributed by atoms with Gasteiger partial charge in [0.25, 0.3) is 5.91 Å². The maximum atomic E-state index is 13.2. The van der Waals surface area contributed by atoms with E-state index in [2.05, 4.69) is 32.3 Å². The second-order valence-corrected chi connectivity index (χ2v) is 9.06. The highest BCUT2D eigenvalue weighted by atomic mass is 32.1. The molecule has 1 fully saturated rings. The molecule has 0 radical (unpaired) electrons. The van der Waals surface area contributed by atoms with E-state index in [1.54, 1.807) is 7.11 Å². The highest BCUT2D eigenvalue weighted by Gasteiger charge is 2.25. The van der Waals surface area contributed by atoms with Gasteiger partial charge in [-0.2, -0.15) is 0 Å². The molecule has 1 N–H and O–H groups in total. The number of fused-ring (bicyclic) bond motifs is 1. The number of rotatable bonds is 7. The quantitative estimate of drug-likeness (QED) is 0.590. The number of carbonyl (C=O) groups excluding carboxylic acids is 1. The maximum Gasteiger partial charge on any atom is 0.261 e. The molecule has 4 rings (SSSR count). The van der Waals surface area contributed by atoms with Crippen molar-refractivity contribution in [1.29, 1.82) is 0 Å². The first-order valence-electron chi connectivity index (χ1n) is 10.9. The Bertz CT molecular complexity index is 1070. The molecule has 1 amide bonds. The summed E-state index contributed by atoms with van der Waals surface area (Å²) in [6.45, 7) is 8.73. The van der Waals surface area contributed by atoms with E-state index >= 15 is 0 Å². The predicted molar refractivity (Wildman–Crippen MR) is 125 cm³/mol. The molecule has 31 heavy (non-hydrogen) atoms. The molecule has 0 aliphatic carbocycles. The molecule has 0 spiro atoms. The number of methoxy groups -OCH3 is 1. The lowest BCUT2D eigenvalue weighted by atomic mass is 10.0. The standard InChI is InChI=1S/C24H30N4O2S/c1-5-20-26-16(3)21-15(2)22(31-24(21)27-20)23(29)25-14-19(28-12-6-7-13-28)17-8-10-18(30-4)11-9-17/h8-11,19H,5-7,12-14H2,1-4H3,(H,25,29)/t19-/m1/s1. The molecule has 1 saturated heterocycles. The smallest absolute Gasteiger partial charge is 0.261 e. The summed E-state index contributed by atoms with van der Waals surface area (Å²) in [5.74, 6) is 1.64. The number of hydrogen-bond acceptors (Lipinski definition) is 6. The minimum absolute atomic E-state index is 0.0318. The summed E-state index contributed by atoms with van der Waals surface area (Å²) in [5, 5.41) is 4.22. The molecule has 3 aromatic rings. The molecule has 0 saturated carbocycles. The normalized spacial score (nSPS) is 15.4. The van der Waals surface area contributed by atoms with Crippen molar-refractivity contribution in [3.63, 3.8) is 0 Å². The molecule has 1 aromatic carbocycles. The minimum Gasteiger partial charge on any atom is -0.497 e. The number of amides is 1. The molecule has 2 aromatic heterocycles. The van der Waals surface area contributed by atoms with Gasteiger partial charge in [0.05, 0.1) is 18.0 Å². The summed E-state index contributed by atoms with van der Waals surface area (Å²) >= 11 is 1.47. The second kappa shape index (κ2) is 9.32. The Morgan fingerprint density at radius 3 is 2.55 bits per heavy atom. The lowest BCUT2D eigenvalue weighted by molar-refractivity contribution is 0.0941. The van der Waals surface area contributed by atoms with Gasteiger partial charge in [-0.3, -0.25) is 9.69 Å². The Hall–Kier alpha value is -2.51. The van der Waals surface area contributed by atoms with Gasteiger partial charge in [-0.1, -0.05) is 19.1 Å². The number of benzene rings is 1. The second-order valence-electron chi connectivity index (χ2n) is 8.06. The number of nitrogens with zero attached hydrogens (tertiary/aromatic N) is 3. The molecule has 7 heteroatoms. The monoisotopic (exact) mass is 438 g/mol.